The molecule has 3 aromatic heterocycles. The summed E-state index contributed by atoms with van der Waals surface area (Å²) in [5.41, 5.74) is 21.3. The molecule has 0 fully saturated rings. The first kappa shape index (κ1) is 32.9. The van der Waals surface area contributed by atoms with E-state index in [1.807, 2.05) is 0 Å². The lowest BCUT2D eigenvalue weighted by atomic mass is 9.44. The van der Waals surface area contributed by atoms with Gasteiger partial charge < -0.3 is 18.2 Å². The topological polar surface area (TPSA) is 34.5 Å². The van der Waals surface area contributed by atoms with Gasteiger partial charge in [0.15, 0.2) is 0 Å². The lowest BCUT2D eigenvalue weighted by Crippen LogP contribution is -2.60. The summed E-state index contributed by atoms with van der Waals surface area (Å²) in [5, 5.41) is 6.90. The van der Waals surface area contributed by atoms with Crippen molar-refractivity contribution in [3.8, 4) is 27.9 Å². The number of benzene rings is 8. The second-order valence-electron chi connectivity index (χ2n) is 18.9. The molecule has 284 valence electrons. The summed E-state index contributed by atoms with van der Waals surface area (Å²) in [4.78, 5) is 2.66. The van der Waals surface area contributed by atoms with Gasteiger partial charge in [0, 0.05) is 61.0 Å². The molecule has 3 aliphatic rings. The minimum absolute atomic E-state index is 0.0298. The standard InChI is InChI=1S/C55H39BN2O2/c1-54(2,3)30-18-20-31(21-19-30)58-45-28-42-38(32-12-6-9-15-41(32)55(42,4)5)26-39(45)35-22-23-37-50-44(25-24-36-33-13-7-11-17-48(33)60-53(36)50)57-46-29-49-40(34-14-8-10-16-47(34)59-49)27-43(46)56(58)51(35)52(37)57/h6-29H,1-5H3. The second kappa shape index (κ2) is 10.8. The van der Waals surface area contributed by atoms with Crippen molar-refractivity contribution in [1.82, 2.24) is 4.57 Å². The number of furan rings is 2. The Hall–Kier alpha value is -6.98. The number of nitrogens with zero attached hydrogens (tertiary/aromatic N) is 2. The largest absolute Gasteiger partial charge is 0.456 e. The third-order valence-electron chi connectivity index (χ3n) is 14.3. The van der Waals surface area contributed by atoms with Crippen LogP contribution in [-0.4, -0.2) is 11.4 Å². The van der Waals surface area contributed by atoms with E-state index in [0.717, 1.165) is 60.5 Å². The number of para-hydroxylation sites is 2. The first-order valence-electron chi connectivity index (χ1n) is 21.2. The maximum absolute atomic E-state index is 6.83. The summed E-state index contributed by atoms with van der Waals surface area (Å²) < 4.78 is 16.0. The summed E-state index contributed by atoms with van der Waals surface area (Å²) in [7, 11) is 0. The minimum atomic E-state index is -0.149. The summed E-state index contributed by atoms with van der Waals surface area (Å²) in [6.07, 6.45) is 0. The van der Waals surface area contributed by atoms with E-state index in [0.29, 0.717) is 0 Å². The van der Waals surface area contributed by atoms with E-state index in [9.17, 15) is 0 Å². The van der Waals surface area contributed by atoms with Gasteiger partial charge in [-0.25, -0.2) is 0 Å². The molecule has 0 N–H and O–H groups in total. The molecular weight excluding hydrogens is 731 g/mol. The van der Waals surface area contributed by atoms with Gasteiger partial charge in [0.05, 0.1) is 16.4 Å². The minimum Gasteiger partial charge on any atom is -0.456 e. The van der Waals surface area contributed by atoms with Crippen LogP contribution in [0.5, 0.6) is 0 Å². The van der Waals surface area contributed by atoms with E-state index in [-0.39, 0.29) is 17.7 Å². The third-order valence-corrected chi connectivity index (χ3v) is 14.3. The molecule has 5 heteroatoms. The second-order valence-corrected chi connectivity index (χ2v) is 18.9. The Bertz CT molecular complexity index is 3740. The van der Waals surface area contributed by atoms with Gasteiger partial charge in [0.25, 0.3) is 0 Å². The quantitative estimate of drug-likeness (QED) is 0.156. The molecule has 0 amide bonds. The van der Waals surface area contributed by atoms with Gasteiger partial charge in [-0.1, -0.05) is 126 Å². The monoisotopic (exact) mass is 770 g/mol. The number of aromatic nitrogens is 1. The van der Waals surface area contributed by atoms with Gasteiger partial charge in [0.2, 0.25) is 0 Å². The highest BCUT2D eigenvalue weighted by Crippen LogP contribution is 2.55. The average molecular weight is 771 g/mol. The van der Waals surface area contributed by atoms with E-state index in [1.54, 1.807) is 0 Å². The van der Waals surface area contributed by atoms with Crippen molar-refractivity contribution in [3.63, 3.8) is 0 Å². The van der Waals surface area contributed by atoms with E-state index in [4.69, 9.17) is 8.83 Å². The maximum Gasteiger partial charge on any atom is 0.333 e. The highest BCUT2D eigenvalue weighted by Gasteiger charge is 2.46. The molecule has 0 atom stereocenters. The highest BCUT2D eigenvalue weighted by atomic mass is 16.3. The molecule has 2 aliphatic heterocycles. The SMILES string of the molecule is CC(C)(C)c1ccc(N2B3c4cc5c(cc4-n4c6ccc7c8ccccc8oc7c6c6ccc(c3c64)-c3cc4c(cc32)C(C)(C)c2ccccc2-4)oc2ccccc25)cc1. The van der Waals surface area contributed by atoms with Gasteiger partial charge in [-0.15, -0.1) is 0 Å². The smallest absolute Gasteiger partial charge is 0.333 e. The molecule has 5 heterocycles. The molecule has 0 spiro atoms. The van der Waals surface area contributed by atoms with E-state index in [1.165, 1.54) is 72.1 Å². The Morgan fingerprint density at radius 2 is 1.25 bits per heavy atom. The van der Waals surface area contributed by atoms with Crippen LogP contribution >= 0.6 is 0 Å². The fourth-order valence-electron chi connectivity index (χ4n) is 11.5. The first-order chi connectivity index (χ1) is 29.1. The van der Waals surface area contributed by atoms with E-state index < -0.39 is 0 Å². The van der Waals surface area contributed by atoms with Crippen LogP contribution in [0.15, 0.2) is 154 Å². The Balaban J connectivity index is 1.17. The number of hydrogen-bond acceptors (Lipinski definition) is 3. The van der Waals surface area contributed by atoms with Crippen molar-refractivity contribution in [2.45, 2.75) is 45.4 Å². The maximum atomic E-state index is 6.83. The summed E-state index contributed by atoms with van der Waals surface area (Å²) in [6.45, 7) is 11.5. The Labute approximate surface area is 347 Å². The number of anilines is 2. The summed E-state index contributed by atoms with van der Waals surface area (Å²) in [6, 6.07) is 54.4. The van der Waals surface area contributed by atoms with Gasteiger partial charge in [-0.05, 0) is 98.3 Å². The van der Waals surface area contributed by atoms with E-state index in [2.05, 4.69) is 190 Å². The number of rotatable bonds is 1. The Morgan fingerprint density at radius 1 is 0.533 bits per heavy atom. The van der Waals surface area contributed by atoms with Crippen LogP contribution in [0, 0.1) is 0 Å². The van der Waals surface area contributed by atoms with Crippen LogP contribution in [0.2, 0.25) is 0 Å². The molecular formula is C55H39BN2O2. The molecule has 1 aliphatic carbocycles. The Kier molecular flexibility index (Phi) is 5.92. The predicted molar refractivity (Wildman–Crippen MR) is 251 cm³/mol. The number of fused-ring (bicyclic) bond motifs is 18. The van der Waals surface area contributed by atoms with Crippen molar-refractivity contribution < 1.29 is 8.83 Å². The molecule has 8 aromatic carbocycles. The van der Waals surface area contributed by atoms with Crippen LogP contribution in [0.4, 0.5) is 11.4 Å². The van der Waals surface area contributed by atoms with E-state index >= 15 is 0 Å². The van der Waals surface area contributed by atoms with Crippen LogP contribution in [0.25, 0.3) is 93.6 Å². The van der Waals surface area contributed by atoms with Gasteiger partial charge >= 0.3 is 6.85 Å². The van der Waals surface area contributed by atoms with Crippen molar-refractivity contribution in [2.75, 3.05) is 4.81 Å². The fourth-order valence-corrected chi connectivity index (χ4v) is 11.5. The third kappa shape index (κ3) is 3.94. The normalized spacial score (nSPS) is 14.8. The molecule has 0 radical (unpaired) electrons. The predicted octanol–water partition coefficient (Wildman–Crippen LogP) is 13.4. The van der Waals surface area contributed by atoms with Gasteiger partial charge in [-0.3, -0.25) is 0 Å². The first-order valence-corrected chi connectivity index (χ1v) is 21.2. The zero-order valence-corrected chi connectivity index (χ0v) is 34.1. The zero-order chi connectivity index (χ0) is 40.0. The molecule has 14 rings (SSSR count). The molecule has 60 heavy (non-hydrogen) atoms. The van der Waals surface area contributed by atoms with Crippen molar-refractivity contribution in [2.24, 2.45) is 0 Å². The fraction of sp³-hybridized carbons (Fsp3) is 0.127. The number of hydrogen-bond donors (Lipinski definition) is 0. The van der Waals surface area contributed by atoms with Crippen molar-refractivity contribution in [3.05, 3.63) is 162 Å². The van der Waals surface area contributed by atoms with Gasteiger partial charge in [-0.2, -0.15) is 0 Å². The van der Waals surface area contributed by atoms with Crippen LogP contribution in [-0.2, 0) is 10.8 Å². The molecule has 0 unspecified atom stereocenters. The average Bonchev–Trinajstić information content (AvgIpc) is 3.98. The van der Waals surface area contributed by atoms with Gasteiger partial charge in [0.1, 0.15) is 22.3 Å². The Morgan fingerprint density at radius 3 is 2.05 bits per heavy atom. The molecule has 11 aromatic rings. The lowest BCUT2D eigenvalue weighted by Gasteiger charge is -2.42. The van der Waals surface area contributed by atoms with Crippen molar-refractivity contribution in [1.29, 1.82) is 0 Å². The molecule has 0 saturated heterocycles. The lowest BCUT2D eigenvalue weighted by molar-refractivity contribution is 0.590. The van der Waals surface area contributed by atoms with Crippen LogP contribution < -0.4 is 15.7 Å². The zero-order valence-electron chi connectivity index (χ0n) is 34.1. The van der Waals surface area contributed by atoms with Crippen LogP contribution in [0.3, 0.4) is 0 Å². The molecule has 0 bridgehead atoms. The van der Waals surface area contributed by atoms with Crippen LogP contribution in [0.1, 0.15) is 51.3 Å². The van der Waals surface area contributed by atoms with Crippen molar-refractivity contribution >= 4 is 94.8 Å². The molecule has 4 nitrogen and oxygen atoms in total. The highest BCUT2D eigenvalue weighted by molar-refractivity contribution is 6.94. The molecule has 0 saturated carbocycles. The summed E-state index contributed by atoms with van der Waals surface area (Å²) in [5.74, 6) is 0. The summed E-state index contributed by atoms with van der Waals surface area (Å²) >= 11 is 0.